The van der Waals surface area contributed by atoms with Crippen molar-refractivity contribution < 1.29 is 19.8 Å². The van der Waals surface area contributed by atoms with Gasteiger partial charge in [-0.2, -0.15) is 0 Å². The van der Waals surface area contributed by atoms with Crippen molar-refractivity contribution in [1.29, 1.82) is 0 Å². The molecule has 1 atom stereocenters. The van der Waals surface area contributed by atoms with Gasteiger partial charge in [0.1, 0.15) is 5.75 Å². The Morgan fingerprint density at radius 3 is 2.16 bits per heavy atom. The SMILES string of the molecule is CC(C)(C)C(=O)C1=C(O)C(=O)N(c2ccc(-c3cccnc3)cc2)C1c1ccc(O)cc1. The molecule has 6 nitrogen and oxygen atoms in total. The minimum Gasteiger partial charge on any atom is -0.508 e. The summed E-state index contributed by atoms with van der Waals surface area (Å²) in [5, 5.41) is 20.5. The van der Waals surface area contributed by atoms with Crippen LogP contribution in [0.25, 0.3) is 11.1 Å². The first-order chi connectivity index (χ1) is 15.2. The number of phenols is 1. The number of aromatic hydroxyl groups is 1. The van der Waals surface area contributed by atoms with Crippen LogP contribution in [0.15, 0.2) is 84.4 Å². The third-order valence-electron chi connectivity index (χ3n) is 5.48. The van der Waals surface area contributed by atoms with Crippen molar-refractivity contribution in [2.45, 2.75) is 26.8 Å². The van der Waals surface area contributed by atoms with Crippen molar-refractivity contribution in [3.8, 4) is 16.9 Å². The Kier molecular flexibility index (Phi) is 5.30. The van der Waals surface area contributed by atoms with Crippen LogP contribution >= 0.6 is 0 Å². The Balaban J connectivity index is 1.81. The van der Waals surface area contributed by atoms with Crippen molar-refractivity contribution in [2.75, 3.05) is 4.90 Å². The summed E-state index contributed by atoms with van der Waals surface area (Å²) in [6.07, 6.45) is 3.45. The number of ketones is 1. The number of hydrogen-bond acceptors (Lipinski definition) is 5. The molecule has 0 saturated heterocycles. The highest BCUT2D eigenvalue weighted by atomic mass is 16.3. The Labute approximate surface area is 186 Å². The second kappa shape index (κ2) is 7.96. The summed E-state index contributed by atoms with van der Waals surface area (Å²) >= 11 is 0. The second-order valence-corrected chi connectivity index (χ2v) is 8.80. The monoisotopic (exact) mass is 428 g/mol. The van der Waals surface area contributed by atoms with Crippen molar-refractivity contribution in [3.05, 3.63) is 90.0 Å². The molecule has 6 heteroatoms. The van der Waals surface area contributed by atoms with E-state index in [-0.39, 0.29) is 17.1 Å². The summed E-state index contributed by atoms with van der Waals surface area (Å²) in [4.78, 5) is 32.0. The molecule has 0 radical (unpaired) electrons. The quantitative estimate of drug-likeness (QED) is 0.612. The summed E-state index contributed by atoms with van der Waals surface area (Å²) in [5.74, 6) is -1.41. The predicted molar refractivity (Wildman–Crippen MR) is 122 cm³/mol. The van der Waals surface area contributed by atoms with Crippen molar-refractivity contribution in [3.63, 3.8) is 0 Å². The lowest BCUT2D eigenvalue weighted by atomic mass is 9.82. The number of Topliss-reactive ketones (excluding diaryl/α,β-unsaturated/α-hetero) is 1. The number of aromatic nitrogens is 1. The van der Waals surface area contributed by atoms with Crippen molar-refractivity contribution in [1.82, 2.24) is 4.98 Å². The van der Waals surface area contributed by atoms with Gasteiger partial charge in [0.05, 0.1) is 11.6 Å². The number of anilines is 1. The molecule has 2 heterocycles. The van der Waals surface area contributed by atoms with Crippen LogP contribution < -0.4 is 4.90 Å². The molecular formula is C26H24N2O4. The van der Waals surface area contributed by atoms with Crippen molar-refractivity contribution >= 4 is 17.4 Å². The van der Waals surface area contributed by atoms with Gasteiger partial charge in [-0.25, -0.2) is 0 Å². The number of phenolic OH excluding ortho intramolecular Hbond substituents is 1. The Hall–Kier alpha value is -3.93. The first kappa shape index (κ1) is 21.3. The Morgan fingerprint density at radius 2 is 1.59 bits per heavy atom. The maximum Gasteiger partial charge on any atom is 0.294 e. The summed E-state index contributed by atoms with van der Waals surface area (Å²) in [7, 11) is 0. The summed E-state index contributed by atoms with van der Waals surface area (Å²) < 4.78 is 0. The predicted octanol–water partition coefficient (Wildman–Crippen LogP) is 4.97. The lowest BCUT2D eigenvalue weighted by Crippen LogP contribution is -2.32. The average molecular weight is 428 g/mol. The fraction of sp³-hybridized carbons (Fsp3) is 0.192. The van der Waals surface area contributed by atoms with Gasteiger partial charge in [0, 0.05) is 23.5 Å². The number of rotatable bonds is 4. The van der Waals surface area contributed by atoms with Crippen LogP contribution in [0.2, 0.25) is 0 Å². The molecule has 2 aromatic carbocycles. The molecule has 1 unspecified atom stereocenters. The van der Waals surface area contributed by atoms with E-state index in [1.807, 2.05) is 24.3 Å². The molecule has 3 aromatic rings. The molecule has 32 heavy (non-hydrogen) atoms. The zero-order valence-corrected chi connectivity index (χ0v) is 18.1. The zero-order chi connectivity index (χ0) is 23.0. The number of benzene rings is 2. The molecular weight excluding hydrogens is 404 g/mol. The van der Waals surface area contributed by atoms with Crippen LogP contribution in [0, 0.1) is 5.41 Å². The number of amides is 1. The Bertz CT molecular complexity index is 1190. The molecule has 162 valence electrons. The normalized spacial score (nSPS) is 16.5. The minimum absolute atomic E-state index is 0.0597. The lowest BCUT2D eigenvalue weighted by Gasteiger charge is -2.29. The van der Waals surface area contributed by atoms with E-state index in [4.69, 9.17) is 0 Å². The van der Waals surface area contributed by atoms with E-state index >= 15 is 0 Å². The van der Waals surface area contributed by atoms with Gasteiger partial charge in [0.25, 0.3) is 5.91 Å². The van der Waals surface area contributed by atoms with E-state index in [1.165, 1.54) is 17.0 Å². The van der Waals surface area contributed by atoms with Gasteiger partial charge in [0.15, 0.2) is 11.5 Å². The van der Waals surface area contributed by atoms with Gasteiger partial charge in [-0.05, 0) is 47.0 Å². The third-order valence-corrected chi connectivity index (χ3v) is 5.48. The molecule has 2 N–H and O–H groups in total. The third kappa shape index (κ3) is 3.75. The number of carbonyl (C=O) groups excluding carboxylic acids is 2. The minimum atomic E-state index is -0.806. The lowest BCUT2D eigenvalue weighted by molar-refractivity contribution is -0.123. The number of hydrogen-bond donors (Lipinski definition) is 2. The molecule has 0 bridgehead atoms. The van der Waals surface area contributed by atoms with Gasteiger partial charge in [-0.1, -0.05) is 51.1 Å². The highest BCUT2D eigenvalue weighted by Gasteiger charge is 2.46. The van der Waals surface area contributed by atoms with E-state index in [0.717, 1.165) is 11.1 Å². The molecule has 0 saturated carbocycles. The standard InChI is InChI=1S/C26H24N2O4/c1-26(2,3)24(31)21-22(17-8-12-20(29)13-9-17)28(25(32)23(21)30)19-10-6-16(7-11-19)18-5-4-14-27-15-18/h4-15,22,29-30H,1-3H3. The number of pyridine rings is 1. The molecule has 1 aromatic heterocycles. The molecule has 4 rings (SSSR count). The average Bonchev–Trinajstić information content (AvgIpc) is 3.04. The molecule has 0 aliphatic carbocycles. The molecule has 0 spiro atoms. The number of carbonyl (C=O) groups is 2. The fourth-order valence-electron chi connectivity index (χ4n) is 3.83. The van der Waals surface area contributed by atoms with E-state index in [1.54, 1.807) is 57.4 Å². The van der Waals surface area contributed by atoms with Crippen LogP contribution in [0.5, 0.6) is 5.75 Å². The highest BCUT2D eigenvalue weighted by molar-refractivity contribution is 6.17. The first-order valence-corrected chi connectivity index (χ1v) is 10.3. The van der Waals surface area contributed by atoms with Crippen LogP contribution in [0.1, 0.15) is 32.4 Å². The fourth-order valence-corrected chi connectivity index (χ4v) is 3.83. The Morgan fingerprint density at radius 1 is 0.938 bits per heavy atom. The van der Waals surface area contributed by atoms with Crippen LogP contribution in [0.4, 0.5) is 5.69 Å². The molecule has 1 aliphatic rings. The van der Waals surface area contributed by atoms with Gasteiger partial charge in [-0.15, -0.1) is 0 Å². The maximum atomic E-state index is 13.2. The van der Waals surface area contributed by atoms with Crippen LogP contribution in [-0.2, 0) is 9.59 Å². The van der Waals surface area contributed by atoms with Crippen LogP contribution in [-0.4, -0.2) is 26.9 Å². The van der Waals surface area contributed by atoms with Gasteiger partial charge in [-0.3, -0.25) is 19.5 Å². The van der Waals surface area contributed by atoms with Gasteiger partial charge in [0.2, 0.25) is 0 Å². The first-order valence-electron chi connectivity index (χ1n) is 10.3. The number of nitrogens with zero attached hydrogens (tertiary/aromatic N) is 2. The molecule has 1 aliphatic heterocycles. The van der Waals surface area contributed by atoms with E-state index in [0.29, 0.717) is 11.3 Å². The number of aliphatic hydroxyl groups is 1. The summed E-state index contributed by atoms with van der Waals surface area (Å²) in [6, 6.07) is 16.6. The van der Waals surface area contributed by atoms with E-state index in [9.17, 15) is 19.8 Å². The smallest absolute Gasteiger partial charge is 0.294 e. The summed E-state index contributed by atoms with van der Waals surface area (Å²) in [5.41, 5.74) is 2.29. The summed E-state index contributed by atoms with van der Waals surface area (Å²) in [6.45, 7) is 5.25. The van der Waals surface area contributed by atoms with E-state index < -0.39 is 23.1 Å². The van der Waals surface area contributed by atoms with Gasteiger partial charge >= 0.3 is 0 Å². The largest absolute Gasteiger partial charge is 0.508 e. The maximum absolute atomic E-state index is 13.2. The second-order valence-electron chi connectivity index (χ2n) is 8.80. The van der Waals surface area contributed by atoms with Crippen molar-refractivity contribution in [2.24, 2.45) is 5.41 Å². The van der Waals surface area contributed by atoms with Gasteiger partial charge < -0.3 is 10.2 Å². The zero-order valence-electron chi connectivity index (χ0n) is 18.1. The molecule has 1 amide bonds. The topological polar surface area (TPSA) is 90.7 Å². The number of aliphatic hydroxyl groups excluding tert-OH is 1. The van der Waals surface area contributed by atoms with Crippen LogP contribution in [0.3, 0.4) is 0 Å². The highest BCUT2D eigenvalue weighted by Crippen LogP contribution is 2.43. The van der Waals surface area contributed by atoms with E-state index in [2.05, 4.69) is 4.98 Å². The molecule has 0 fully saturated rings.